The second-order valence-electron chi connectivity index (χ2n) is 6.48. The molecule has 1 saturated carbocycles. The molecule has 12 heteroatoms. The van der Waals surface area contributed by atoms with Crippen LogP contribution in [0.1, 0.15) is 40.9 Å². The molecule has 1 fully saturated rings. The van der Waals surface area contributed by atoms with Crippen LogP contribution in [0.15, 0.2) is 18.3 Å². The number of amides is 1. The van der Waals surface area contributed by atoms with E-state index in [2.05, 4.69) is 9.84 Å². The Balaban J connectivity index is 1.90. The molecule has 1 amide bonds. The highest BCUT2D eigenvalue weighted by Gasteiger charge is 2.37. The summed E-state index contributed by atoms with van der Waals surface area (Å²) in [6.07, 6.45) is -5.36. The van der Waals surface area contributed by atoms with Gasteiger partial charge in [0.1, 0.15) is 11.4 Å². The van der Waals surface area contributed by atoms with E-state index in [1.54, 1.807) is 0 Å². The zero-order valence-electron chi connectivity index (χ0n) is 14.8. The number of carbonyl (C=O) groups is 1. The van der Waals surface area contributed by atoms with Gasteiger partial charge in [-0.3, -0.25) is 9.48 Å². The van der Waals surface area contributed by atoms with E-state index in [1.165, 1.54) is 18.1 Å². The summed E-state index contributed by atoms with van der Waals surface area (Å²) in [6, 6.07) is 1.65. The Labute approximate surface area is 171 Å². The molecule has 1 heterocycles. The lowest BCUT2D eigenvalue weighted by atomic mass is 10.1. The van der Waals surface area contributed by atoms with Crippen LogP contribution in [0.5, 0.6) is 5.75 Å². The highest BCUT2D eigenvalue weighted by Crippen LogP contribution is 2.37. The molecule has 0 radical (unpaired) electrons. The summed E-state index contributed by atoms with van der Waals surface area (Å²) in [6.45, 7) is -0.162. The minimum Gasteiger partial charge on any atom is -0.406 e. The first-order valence-electron chi connectivity index (χ1n) is 8.32. The third kappa shape index (κ3) is 5.11. The smallest absolute Gasteiger partial charge is 0.406 e. The van der Waals surface area contributed by atoms with E-state index in [-0.39, 0.29) is 33.8 Å². The molecule has 0 bridgehead atoms. The minimum absolute atomic E-state index is 0.143. The number of hydrogen-bond donors (Lipinski definition) is 0. The van der Waals surface area contributed by atoms with Crippen molar-refractivity contribution in [3.63, 3.8) is 0 Å². The summed E-state index contributed by atoms with van der Waals surface area (Å²) in [7, 11) is 1.41. The van der Waals surface area contributed by atoms with Crippen molar-refractivity contribution in [3.05, 3.63) is 45.2 Å². The lowest BCUT2D eigenvalue weighted by Crippen LogP contribution is -2.33. The third-order valence-corrected chi connectivity index (χ3v) is 4.89. The summed E-state index contributed by atoms with van der Waals surface area (Å²) in [5.74, 6) is -1.29. The molecule has 5 nitrogen and oxygen atoms in total. The van der Waals surface area contributed by atoms with Crippen LogP contribution in [0.2, 0.25) is 10.0 Å². The van der Waals surface area contributed by atoms with Gasteiger partial charge in [-0.05, 0) is 25.0 Å². The fourth-order valence-electron chi connectivity index (χ4n) is 2.83. The Morgan fingerprint density at radius 1 is 1.31 bits per heavy atom. The number of carbonyl (C=O) groups excluding carboxylic acids is 1. The van der Waals surface area contributed by atoms with Crippen molar-refractivity contribution in [1.82, 2.24) is 14.7 Å². The highest BCUT2D eigenvalue weighted by molar-refractivity contribution is 6.36. The van der Waals surface area contributed by atoms with Gasteiger partial charge in [0.25, 0.3) is 12.3 Å². The van der Waals surface area contributed by atoms with Gasteiger partial charge in [0.2, 0.25) is 0 Å². The van der Waals surface area contributed by atoms with Gasteiger partial charge in [-0.15, -0.1) is 13.2 Å². The molecule has 29 heavy (non-hydrogen) atoms. The SMILES string of the molecule is Cn1cc(C(=O)N(Cc2c(Cl)cc(OC(F)(F)F)cc2Cl)C2CC2)c(C(F)F)n1. The van der Waals surface area contributed by atoms with Crippen molar-refractivity contribution in [2.75, 3.05) is 0 Å². The summed E-state index contributed by atoms with van der Waals surface area (Å²) in [5, 5.41) is 3.34. The molecule has 0 atom stereocenters. The number of hydrogen-bond acceptors (Lipinski definition) is 3. The number of aromatic nitrogens is 2. The third-order valence-electron chi connectivity index (χ3n) is 4.22. The van der Waals surface area contributed by atoms with Crippen LogP contribution in [0.25, 0.3) is 0 Å². The molecule has 1 aromatic heterocycles. The van der Waals surface area contributed by atoms with Crippen LogP contribution in [0.4, 0.5) is 22.0 Å². The van der Waals surface area contributed by atoms with Crippen LogP contribution < -0.4 is 4.74 Å². The average molecular weight is 458 g/mol. The average Bonchev–Trinajstić information content (AvgIpc) is 3.33. The number of ether oxygens (including phenoxy) is 1. The predicted octanol–water partition coefficient (Wildman–Crippen LogP) is 5.37. The van der Waals surface area contributed by atoms with Crippen molar-refractivity contribution in [1.29, 1.82) is 0 Å². The highest BCUT2D eigenvalue weighted by atomic mass is 35.5. The van der Waals surface area contributed by atoms with E-state index in [0.717, 1.165) is 16.8 Å². The molecule has 0 spiro atoms. The first-order valence-corrected chi connectivity index (χ1v) is 9.08. The molecule has 1 aromatic carbocycles. The van der Waals surface area contributed by atoms with E-state index >= 15 is 0 Å². The van der Waals surface area contributed by atoms with Gasteiger partial charge in [-0.25, -0.2) is 8.78 Å². The zero-order valence-corrected chi connectivity index (χ0v) is 16.3. The number of benzene rings is 1. The summed E-state index contributed by atoms with van der Waals surface area (Å²) in [4.78, 5) is 14.2. The molecule has 0 N–H and O–H groups in total. The van der Waals surface area contributed by atoms with Gasteiger partial charge in [0.15, 0.2) is 0 Å². The van der Waals surface area contributed by atoms with Gasteiger partial charge < -0.3 is 9.64 Å². The van der Waals surface area contributed by atoms with E-state index in [9.17, 15) is 26.7 Å². The lowest BCUT2D eigenvalue weighted by molar-refractivity contribution is -0.274. The predicted molar refractivity (Wildman–Crippen MR) is 94.2 cm³/mol. The van der Waals surface area contributed by atoms with Gasteiger partial charge in [-0.1, -0.05) is 23.2 Å². The van der Waals surface area contributed by atoms with Crippen LogP contribution >= 0.6 is 23.2 Å². The van der Waals surface area contributed by atoms with E-state index < -0.39 is 30.1 Å². The van der Waals surface area contributed by atoms with Crippen LogP contribution in [0.3, 0.4) is 0 Å². The van der Waals surface area contributed by atoms with E-state index in [4.69, 9.17) is 23.2 Å². The number of aryl methyl sites for hydroxylation is 1. The van der Waals surface area contributed by atoms with Crippen LogP contribution in [-0.4, -0.2) is 33.0 Å². The molecule has 0 saturated heterocycles. The second kappa shape index (κ2) is 7.98. The molecular weight excluding hydrogens is 444 g/mol. The van der Waals surface area contributed by atoms with Crippen molar-refractivity contribution >= 4 is 29.1 Å². The number of rotatable bonds is 6. The topological polar surface area (TPSA) is 47.4 Å². The lowest BCUT2D eigenvalue weighted by Gasteiger charge is -2.24. The fourth-order valence-corrected chi connectivity index (χ4v) is 3.42. The maximum Gasteiger partial charge on any atom is 0.573 e. The van der Waals surface area contributed by atoms with Gasteiger partial charge >= 0.3 is 6.36 Å². The Bertz CT molecular complexity index is 905. The minimum atomic E-state index is -4.92. The molecule has 0 aliphatic heterocycles. The van der Waals surface area contributed by atoms with Gasteiger partial charge in [0, 0.05) is 31.4 Å². The Kier molecular flexibility index (Phi) is 5.96. The quantitative estimate of drug-likeness (QED) is 0.548. The second-order valence-corrected chi connectivity index (χ2v) is 7.29. The van der Waals surface area contributed by atoms with Crippen LogP contribution in [-0.2, 0) is 13.6 Å². The normalized spacial score (nSPS) is 14.4. The van der Waals surface area contributed by atoms with Crippen molar-refractivity contribution < 1.29 is 31.5 Å². The summed E-state index contributed by atoms with van der Waals surface area (Å²) < 4.78 is 68.6. The number of alkyl halides is 5. The molecule has 1 aliphatic carbocycles. The molecule has 158 valence electrons. The molecule has 2 aromatic rings. The number of halogens is 7. The molecular formula is C17H14Cl2F5N3O2. The standard InChI is InChI=1S/C17H14Cl2F5N3O2/c1-26-6-11(14(25-26)15(20)21)16(28)27(8-2-3-8)7-10-12(18)4-9(5-13(10)19)29-17(22,23)24/h4-6,8,15H,2-3,7H2,1H3. The largest absolute Gasteiger partial charge is 0.573 e. The Morgan fingerprint density at radius 3 is 2.38 bits per heavy atom. The van der Waals surface area contributed by atoms with Crippen molar-refractivity contribution in [2.45, 2.75) is 38.2 Å². The maximum absolute atomic E-state index is 13.2. The van der Waals surface area contributed by atoms with Gasteiger partial charge in [-0.2, -0.15) is 5.10 Å². The first kappa shape index (κ1) is 21.6. The molecule has 0 unspecified atom stereocenters. The Morgan fingerprint density at radius 2 is 1.90 bits per heavy atom. The van der Waals surface area contributed by atoms with Crippen molar-refractivity contribution in [2.24, 2.45) is 7.05 Å². The first-order chi connectivity index (χ1) is 13.5. The van der Waals surface area contributed by atoms with E-state index in [1.807, 2.05) is 0 Å². The summed E-state index contributed by atoms with van der Waals surface area (Å²) >= 11 is 12.1. The number of nitrogens with zero attached hydrogens (tertiary/aromatic N) is 3. The van der Waals surface area contributed by atoms with E-state index in [0.29, 0.717) is 12.8 Å². The van der Waals surface area contributed by atoms with Crippen LogP contribution in [0, 0.1) is 0 Å². The summed E-state index contributed by atoms with van der Waals surface area (Å²) in [5.41, 5.74) is -0.710. The monoisotopic (exact) mass is 457 g/mol. The maximum atomic E-state index is 13.2. The fraction of sp³-hybridized carbons (Fsp3) is 0.412. The molecule has 3 rings (SSSR count). The molecule has 1 aliphatic rings. The zero-order chi connectivity index (χ0) is 21.5. The van der Waals surface area contributed by atoms with Gasteiger partial charge in [0.05, 0.1) is 15.6 Å². The van der Waals surface area contributed by atoms with Crippen molar-refractivity contribution in [3.8, 4) is 5.75 Å². The Hall–Kier alpha value is -2.07.